The van der Waals surface area contributed by atoms with Gasteiger partial charge in [0.15, 0.2) is 0 Å². The van der Waals surface area contributed by atoms with Crippen LogP contribution in [0.4, 0.5) is 0 Å². The lowest BCUT2D eigenvalue weighted by Crippen LogP contribution is -1.94. The highest BCUT2D eigenvalue weighted by molar-refractivity contribution is 5.87. The summed E-state index contributed by atoms with van der Waals surface area (Å²) in [5, 5.41) is 1.17. The molecule has 1 N–H and O–H groups in total. The van der Waals surface area contributed by atoms with Crippen molar-refractivity contribution in [2.75, 3.05) is 0 Å². The molecule has 0 saturated heterocycles. The maximum absolute atomic E-state index is 5.92. The second kappa shape index (κ2) is 6.25. The fraction of sp³-hybridized carbons (Fsp3) is 0.0909. The fourth-order valence-electron chi connectivity index (χ4n) is 2.96. The number of aromatic nitrogens is 1. The fourth-order valence-corrected chi connectivity index (χ4v) is 2.96. The van der Waals surface area contributed by atoms with E-state index in [1.807, 2.05) is 24.3 Å². The van der Waals surface area contributed by atoms with Crippen LogP contribution in [0.1, 0.15) is 11.1 Å². The molecule has 1 heterocycles. The van der Waals surface area contributed by atoms with E-state index in [-0.39, 0.29) is 0 Å². The molecule has 2 heteroatoms. The minimum absolute atomic E-state index is 0.585. The molecular formula is C22H19NO. The van der Waals surface area contributed by atoms with Crippen molar-refractivity contribution in [3.63, 3.8) is 0 Å². The average Bonchev–Trinajstić information content (AvgIpc) is 3.04. The minimum Gasteiger partial charge on any atom is -0.489 e. The molecule has 1 aromatic heterocycles. The Labute approximate surface area is 141 Å². The lowest BCUT2D eigenvalue weighted by atomic mass is 10.1. The number of nitrogens with one attached hydrogen (secondary N) is 1. The van der Waals surface area contributed by atoms with E-state index in [0.717, 1.165) is 17.0 Å². The third kappa shape index (κ3) is 2.91. The van der Waals surface area contributed by atoms with Crippen LogP contribution in [0.3, 0.4) is 0 Å². The van der Waals surface area contributed by atoms with Gasteiger partial charge in [-0.2, -0.15) is 0 Å². The second-order valence-electron chi connectivity index (χ2n) is 6.02. The Hall–Kier alpha value is -3.00. The van der Waals surface area contributed by atoms with Crippen LogP contribution in [-0.4, -0.2) is 4.98 Å². The monoisotopic (exact) mass is 313 g/mol. The van der Waals surface area contributed by atoms with E-state index in [0.29, 0.717) is 6.61 Å². The molecule has 0 amide bonds. The number of hydrogen-bond donors (Lipinski definition) is 1. The maximum atomic E-state index is 5.92. The molecule has 0 spiro atoms. The molecule has 0 aliphatic carbocycles. The molecule has 0 unspecified atom stereocenters. The van der Waals surface area contributed by atoms with Crippen molar-refractivity contribution < 1.29 is 4.74 Å². The predicted octanol–water partition coefficient (Wildman–Crippen LogP) is 5.72. The molecule has 0 bridgehead atoms. The second-order valence-corrected chi connectivity index (χ2v) is 6.02. The third-order valence-corrected chi connectivity index (χ3v) is 4.28. The normalized spacial score (nSPS) is 10.9. The molecule has 4 rings (SSSR count). The maximum Gasteiger partial charge on any atom is 0.120 e. The summed E-state index contributed by atoms with van der Waals surface area (Å²) in [6, 6.07) is 27.0. The zero-order chi connectivity index (χ0) is 16.4. The highest BCUT2D eigenvalue weighted by Gasteiger charge is 2.06. The van der Waals surface area contributed by atoms with Gasteiger partial charge in [-0.25, -0.2) is 0 Å². The van der Waals surface area contributed by atoms with Crippen LogP contribution in [0.2, 0.25) is 0 Å². The van der Waals surface area contributed by atoms with E-state index in [4.69, 9.17) is 4.74 Å². The van der Waals surface area contributed by atoms with Gasteiger partial charge in [-0.1, -0.05) is 54.6 Å². The van der Waals surface area contributed by atoms with Gasteiger partial charge in [-0.15, -0.1) is 0 Å². The first-order valence-electron chi connectivity index (χ1n) is 8.15. The summed E-state index contributed by atoms with van der Waals surface area (Å²) in [5.74, 6) is 0.890. The van der Waals surface area contributed by atoms with Crippen LogP contribution in [0.15, 0.2) is 78.9 Å². The minimum atomic E-state index is 0.585. The highest BCUT2D eigenvalue weighted by atomic mass is 16.5. The van der Waals surface area contributed by atoms with Gasteiger partial charge >= 0.3 is 0 Å². The lowest BCUT2D eigenvalue weighted by molar-refractivity contribution is 0.306. The van der Waals surface area contributed by atoms with Crippen LogP contribution in [0.5, 0.6) is 5.75 Å². The number of H-pyrrole nitrogens is 1. The molecule has 4 aromatic rings. The Morgan fingerprint density at radius 3 is 2.46 bits per heavy atom. The third-order valence-electron chi connectivity index (χ3n) is 4.28. The van der Waals surface area contributed by atoms with Crippen LogP contribution in [0.25, 0.3) is 22.2 Å². The van der Waals surface area contributed by atoms with Gasteiger partial charge in [0, 0.05) is 22.2 Å². The zero-order valence-electron chi connectivity index (χ0n) is 13.6. The van der Waals surface area contributed by atoms with Crippen LogP contribution >= 0.6 is 0 Å². The summed E-state index contributed by atoms with van der Waals surface area (Å²) in [7, 11) is 0. The van der Waals surface area contributed by atoms with Crippen molar-refractivity contribution in [2.24, 2.45) is 0 Å². The van der Waals surface area contributed by atoms with Gasteiger partial charge in [-0.3, -0.25) is 0 Å². The van der Waals surface area contributed by atoms with Crippen molar-refractivity contribution >= 4 is 10.9 Å². The first-order chi connectivity index (χ1) is 11.8. The topological polar surface area (TPSA) is 25.0 Å². The van der Waals surface area contributed by atoms with E-state index in [1.165, 1.54) is 22.1 Å². The summed E-state index contributed by atoms with van der Waals surface area (Å²) >= 11 is 0. The number of benzene rings is 3. The smallest absolute Gasteiger partial charge is 0.120 e. The number of fused-ring (bicyclic) bond motifs is 1. The molecule has 0 radical (unpaired) electrons. The first-order valence-corrected chi connectivity index (χ1v) is 8.15. The van der Waals surface area contributed by atoms with E-state index in [1.54, 1.807) is 0 Å². The molecule has 0 aliphatic rings. The summed E-state index contributed by atoms with van der Waals surface area (Å²) in [6.45, 7) is 2.72. The van der Waals surface area contributed by atoms with Crippen molar-refractivity contribution in [2.45, 2.75) is 13.5 Å². The Morgan fingerprint density at radius 1 is 0.833 bits per heavy atom. The van der Waals surface area contributed by atoms with Crippen LogP contribution in [0, 0.1) is 6.92 Å². The molecule has 0 fully saturated rings. The Morgan fingerprint density at radius 2 is 1.62 bits per heavy atom. The largest absolute Gasteiger partial charge is 0.489 e. The molecule has 0 aliphatic heterocycles. The Bertz CT molecular complexity index is 970. The molecule has 118 valence electrons. The van der Waals surface area contributed by atoms with Gasteiger partial charge in [0.1, 0.15) is 12.4 Å². The average molecular weight is 313 g/mol. The molecule has 3 aromatic carbocycles. The molecule has 2 nitrogen and oxygen atoms in total. The highest BCUT2D eigenvalue weighted by Crippen LogP contribution is 2.29. The van der Waals surface area contributed by atoms with Crippen molar-refractivity contribution in [1.82, 2.24) is 4.98 Å². The summed E-state index contributed by atoms with van der Waals surface area (Å²) in [4.78, 5) is 3.50. The van der Waals surface area contributed by atoms with E-state index >= 15 is 0 Å². The predicted molar refractivity (Wildman–Crippen MR) is 99.2 cm³/mol. The van der Waals surface area contributed by atoms with Gasteiger partial charge < -0.3 is 9.72 Å². The Kier molecular flexibility index (Phi) is 3.80. The van der Waals surface area contributed by atoms with E-state index < -0.39 is 0 Å². The SMILES string of the molecule is Cc1ccccc1-c1cc2cc(OCc3ccccc3)ccc2[nH]1. The van der Waals surface area contributed by atoms with Gasteiger partial charge in [0.25, 0.3) is 0 Å². The quantitative estimate of drug-likeness (QED) is 0.512. The van der Waals surface area contributed by atoms with Gasteiger partial charge in [0.2, 0.25) is 0 Å². The first kappa shape index (κ1) is 14.6. The molecular weight excluding hydrogens is 294 g/mol. The van der Waals surface area contributed by atoms with E-state index in [2.05, 4.69) is 66.5 Å². The van der Waals surface area contributed by atoms with Crippen LogP contribution < -0.4 is 4.74 Å². The van der Waals surface area contributed by atoms with Crippen LogP contribution in [-0.2, 0) is 6.61 Å². The summed E-state index contributed by atoms with van der Waals surface area (Å²) in [6.07, 6.45) is 0. The lowest BCUT2D eigenvalue weighted by Gasteiger charge is -2.06. The number of aryl methyl sites for hydroxylation is 1. The molecule has 0 saturated carbocycles. The molecule has 24 heavy (non-hydrogen) atoms. The van der Waals surface area contributed by atoms with Gasteiger partial charge in [-0.05, 0) is 42.3 Å². The number of ether oxygens (including phenoxy) is 1. The molecule has 0 atom stereocenters. The zero-order valence-corrected chi connectivity index (χ0v) is 13.6. The number of hydrogen-bond acceptors (Lipinski definition) is 1. The Balaban J connectivity index is 1.61. The van der Waals surface area contributed by atoms with Gasteiger partial charge in [0.05, 0.1) is 0 Å². The van der Waals surface area contributed by atoms with Crippen molar-refractivity contribution in [3.8, 4) is 17.0 Å². The number of rotatable bonds is 4. The summed E-state index contributed by atoms with van der Waals surface area (Å²) in [5.41, 5.74) is 5.95. The number of aromatic amines is 1. The van der Waals surface area contributed by atoms with E-state index in [9.17, 15) is 0 Å². The van der Waals surface area contributed by atoms with Crippen molar-refractivity contribution in [3.05, 3.63) is 90.0 Å². The standard InChI is InChI=1S/C22H19NO/c1-16-7-5-6-10-20(16)22-14-18-13-19(11-12-21(18)23-22)24-15-17-8-3-2-4-9-17/h2-14,23H,15H2,1H3. The summed E-state index contributed by atoms with van der Waals surface area (Å²) < 4.78 is 5.92. The van der Waals surface area contributed by atoms with Crippen molar-refractivity contribution in [1.29, 1.82) is 0 Å².